The number of aliphatic hydroxyl groups is 2. The highest BCUT2D eigenvalue weighted by Gasteiger charge is 2.11. The molecule has 1 aromatic rings. The number of aliphatic hydroxyl groups excluding tert-OH is 2. The SMILES string of the molecule is Cc1ccc(C(=O)NCC(O)CO)c(=O)[nH]1. The number of amides is 1. The van der Waals surface area contributed by atoms with E-state index in [9.17, 15) is 9.59 Å². The minimum Gasteiger partial charge on any atom is -0.394 e. The minimum absolute atomic E-state index is 0.0178. The van der Waals surface area contributed by atoms with Crippen LogP contribution in [-0.2, 0) is 0 Å². The molecule has 0 bridgehead atoms. The summed E-state index contributed by atoms with van der Waals surface area (Å²) < 4.78 is 0. The lowest BCUT2D eigenvalue weighted by atomic mass is 10.2. The zero-order valence-corrected chi connectivity index (χ0v) is 8.86. The summed E-state index contributed by atoms with van der Waals surface area (Å²) in [6, 6.07) is 3.02. The van der Waals surface area contributed by atoms with Crippen LogP contribution in [0.15, 0.2) is 16.9 Å². The molecule has 1 heterocycles. The van der Waals surface area contributed by atoms with E-state index in [1.54, 1.807) is 13.0 Å². The second-order valence-corrected chi connectivity index (χ2v) is 3.43. The molecule has 1 unspecified atom stereocenters. The Balaban J connectivity index is 2.70. The molecular formula is C10H14N2O4. The van der Waals surface area contributed by atoms with E-state index in [2.05, 4.69) is 10.3 Å². The number of carbonyl (C=O) groups is 1. The van der Waals surface area contributed by atoms with E-state index >= 15 is 0 Å². The highest BCUT2D eigenvalue weighted by atomic mass is 16.3. The number of H-pyrrole nitrogens is 1. The van der Waals surface area contributed by atoms with Crippen molar-refractivity contribution < 1.29 is 15.0 Å². The number of carbonyl (C=O) groups excluding carboxylic acids is 1. The van der Waals surface area contributed by atoms with Gasteiger partial charge in [0.1, 0.15) is 5.56 Å². The number of rotatable bonds is 4. The van der Waals surface area contributed by atoms with E-state index in [1.165, 1.54) is 6.07 Å². The molecule has 1 amide bonds. The Labute approximate surface area is 91.9 Å². The fourth-order valence-corrected chi connectivity index (χ4v) is 1.12. The molecular weight excluding hydrogens is 212 g/mol. The molecule has 0 radical (unpaired) electrons. The summed E-state index contributed by atoms with van der Waals surface area (Å²) in [6.07, 6.45) is -1.02. The molecule has 16 heavy (non-hydrogen) atoms. The van der Waals surface area contributed by atoms with Crippen molar-refractivity contribution in [1.29, 1.82) is 0 Å². The molecule has 1 aromatic heterocycles. The molecule has 1 atom stereocenters. The van der Waals surface area contributed by atoms with Crippen LogP contribution in [-0.4, -0.2) is 40.4 Å². The molecule has 0 fully saturated rings. The van der Waals surface area contributed by atoms with Gasteiger partial charge in [0, 0.05) is 12.2 Å². The fraction of sp³-hybridized carbons (Fsp3) is 0.400. The molecule has 4 N–H and O–H groups in total. The van der Waals surface area contributed by atoms with E-state index < -0.39 is 24.2 Å². The van der Waals surface area contributed by atoms with Crippen molar-refractivity contribution in [2.75, 3.05) is 13.2 Å². The summed E-state index contributed by atoms with van der Waals surface area (Å²) in [6.45, 7) is 1.17. The smallest absolute Gasteiger partial charge is 0.260 e. The Hall–Kier alpha value is -1.66. The molecule has 0 aliphatic heterocycles. The summed E-state index contributed by atoms with van der Waals surface area (Å²) >= 11 is 0. The number of nitrogens with one attached hydrogen (secondary N) is 2. The van der Waals surface area contributed by atoms with Gasteiger partial charge in [-0.15, -0.1) is 0 Å². The van der Waals surface area contributed by atoms with Gasteiger partial charge in [-0.1, -0.05) is 0 Å². The Morgan fingerprint density at radius 1 is 1.56 bits per heavy atom. The van der Waals surface area contributed by atoms with E-state index in [1.807, 2.05) is 0 Å². The van der Waals surface area contributed by atoms with E-state index in [0.717, 1.165) is 0 Å². The van der Waals surface area contributed by atoms with Crippen LogP contribution in [0.5, 0.6) is 0 Å². The Morgan fingerprint density at radius 3 is 2.81 bits per heavy atom. The standard InChI is InChI=1S/C10H14N2O4/c1-6-2-3-8(10(16)12-6)9(15)11-4-7(14)5-13/h2-3,7,13-14H,4-5H2,1H3,(H,11,15)(H,12,16). The van der Waals surface area contributed by atoms with Crippen LogP contribution >= 0.6 is 0 Å². The zero-order chi connectivity index (χ0) is 12.1. The largest absolute Gasteiger partial charge is 0.394 e. The minimum atomic E-state index is -1.02. The Morgan fingerprint density at radius 2 is 2.25 bits per heavy atom. The van der Waals surface area contributed by atoms with Gasteiger partial charge in [-0.3, -0.25) is 9.59 Å². The van der Waals surface area contributed by atoms with E-state index in [4.69, 9.17) is 10.2 Å². The van der Waals surface area contributed by atoms with Crippen molar-refractivity contribution in [3.63, 3.8) is 0 Å². The van der Waals surface area contributed by atoms with Crippen LogP contribution < -0.4 is 10.9 Å². The van der Waals surface area contributed by atoms with Crippen LogP contribution in [0.3, 0.4) is 0 Å². The van der Waals surface area contributed by atoms with Gasteiger partial charge >= 0.3 is 0 Å². The predicted molar refractivity (Wildman–Crippen MR) is 57.2 cm³/mol. The van der Waals surface area contributed by atoms with Gasteiger partial charge in [-0.25, -0.2) is 0 Å². The Kier molecular flexibility index (Phi) is 4.21. The van der Waals surface area contributed by atoms with E-state index in [-0.39, 0.29) is 12.1 Å². The van der Waals surface area contributed by atoms with Crippen molar-refractivity contribution in [2.24, 2.45) is 0 Å². The van der Waals surface area contributed by atoms with Gasteiger partial charge in [-0.05, 0) is 19.1 Å². The zero-order valence-electron chi connectivity index (χ0n) is 8.86. The summed E-state index contributed by atoms with van der Waals surface area (Å²) in [5.41, 5.74) is 0.170. The van der Waals surface area contributed by atoms with Crippen molar-refractivity contribution in [3.8, 4) is 0 Å². The van der Waals surface area contributed by atoms with Crippen LogP contribution in [0, 0.1) is 6.92 Å². The molecule has 1 rings (SSSR count). The number of aromatic nitrogens is 1. The molecule has 0 aliphatic carbocycles. The van der Waals surface area contributed by atoms with Crippen LogP contribution in [0.25, 0.3) is 0 Å². The van der Waals surface area contributed by atoms with Gasteiger partial charge in [0.15, 0.2) is 0 Å². The maximum atomic E-state index is 11.5. The summed E-state index contributed by atoms with van der Waals surface area (Å²) in [4.78, 5) is 25.3. The lowest BCUT2D eigenvalue weighted by Gasteiger charge is -2.08. The van der Waals surface area contributed by atoms with Crippen LogP contribution in [0.2, 0.25) is 0 Å². The monoisotopic (exact) mass is 226 g/mol. The number of aromatic amines is 1. The number of pyridine rings is 1. The normalized spacial score (nSPS) is 12.2. The lowest BCUT2D eigenvalue weighted by molar-refractivity contribution is 0.0801. The van der Waals surface area contributed by atoms with Crippen LogP contribution in [0.1, 0.15) is 16.1 Å². The Bertz CT molecular complexity index is 427. The van der Waals surface area contributed by atoms with Gasteiger partial charge in [-0.2, -0.15) is 0 Å². The second-order valence-electron chi connectivity index (χ2n) is 3.43. The first-order valence-electron chi connectivity index (χ1n) is 4.81. The summed E-state index contributed by atoms with van der Waals surface area (Å²) in [5, 5.41) is 19.9. The first kappa shape index (κ1) is 12.4. The summed E-state index contributed by atoms with van der Waals surface area (Å²) in [7, 11) is 0. The maximum absolute atomic E-state index is 11.5. The van der Waals surface area contributed by atoms with Crippen LogP contribution in [0.4, 0.5) is 0 Å². The van der Waals surface area contributed by atoms with E-state index in [0.29, 0.717) is 5.69 Å². The topological polar surface area (TPSA) is 102 Å². The highest BCUT2D eigenvalue weighted by Crippen LogP contribution is 1.93. The molecule has 0 saturated carbocycles. The average Bonchev–Trinajstić information content (AvgIpc) is 2.25. The van der Waals surface area contributed by atoms with Gasteiger partial charge in [0.05, 0.1) is 12.7 Å². The fourth-order valence-electron chi connectivity index (χ4n) is 1.12. The molecule has 0 aliphatic rings. The first-order chi connectivity index (χ1) is 7.54. The quantitative estimate of drug-likeness (QED) is 0.516. The van der Waals surface area contributed by atoms with Crippen molar-refractivity contribution >= 4 is 5.91 Å². The maximum Gasteiger partial charge on any atom is 0.260 e. The second kappa shape index (κ2) is 5.43. The first-order valence-corrected chi connectivity index (χ1v) is 4.81. The van der Waals surface area contributed by atoms with Crippen molar-refractivity contribution in [2.45, 2.75) is 13.0 Å². The molecule has 6 nitrogen and oxygen atoms in total. The number of hydrogen-bond acceptors (Lipinski definition) is 4. The van der Waals surface area contributed by atoms with Crippen molar-refractivity contribution in [3.05, 3.63) is 33.7 Å². The lowest BCUT2D eigenvalue weighted by Crippen LogP contribution is -2.36. The molecule has 6 heteroatoms. The number of aryl methyl sites for hydroxylation is 1. The van der Waals surface area contributed by atoms with Crippen molar-refractivity contribution in [1.82, 2.24) is 10.3 Å². The molecule has 0 aromatic carbocycles. The molecule has 0 saturated heterocycles. The number of hydrogen-bond donors (Lipinski definition) is 4. The summed E-state index contributed by atoms with van der Waals surface area (Å²) in [5.74, 6) is -0.575. The van der Waals surface area contributed by atoms with Gasteiger partial charge < -0.3 is 20.5 Å². The predicted octanol–water partition coefficient (Wildman–Crippen LogP) is -1.23. The molecule has 0 spiro atoms. The third-order valence-electron chi connectivity index (χ3n) is 2.01. The molecule has 88 valence electrons. The third kappa shape index (κ3) is 3.18. The third-order valence-corrected chi connectivity index (χ3v) is 2.01. The van der Waals surface area contributed by atoms with Gasteiger partial charge in [0.25, 0.3) is 11.5 Å². The highest BCUT2D eigenvalue weighted by molar-refractivity contribution is 5.93. The average molecular weight is 226 g/mol. The van der Waals surface area contributed by atoms with Gasteiger partial charge in [0.2, 0.25) is 0 Å².